The van der Waals surface area contributed by atoms with Gasteiger partial charge in [0.05, 0.1) is 22.8 Å². The predicted octanol–water partition coefficient (Wildman–Crippen LogP) is 3.39. The maximum Gasteiger partial charge on any atom is 0.341 e. The summed E-state index contributed by atoms with van der Waals surface area (Å²) in [5, 5.41) is 14.1. The van der Waals surface area contributed by atoms with E-state index < -0.39 is 16.8 Å². The van der Waals surface area contributed by atoms with Gasteiger partial charge in [0, 0.05) is 22.6 Å². The number of esters is 1. The number of anilines is 1. The normalized spacial score (nSPS) is 16.2. The predicted molar refractivity (Wildman–Crippen MR) is 100 cm³/mol. The Labute approximate surface area is 158 Å². The molecule has 1 N–H and O–H groups in total. The molecule has 1 aliphatic carbocycles. The van der Waals surface area contributed by atoms with Gasteiger partial charge in [-0.15, -0.1) is 11.3 Å². The van der Waals surface area contributed by atoms with Crippen LogP contribution in [0, 0.1) is 10.1 Å². The van der Waals surface area contributed by atoms with Crippen molar-refractivity contribution in [1.82, 2.24) is 0 Å². The Morgan fingerprint density at radius 3 is 2.96 bits per heavy atom. The van der Waals surface area contributed by atoms with Crippen LogP contribution in [0.5, 0.6) is 0 Å². The molecule has 0 atom stereocenters. The molecule has 1 amide bonds. The van der Waals surface area contributed by atoms with E-state index in [1.54, 1.807) is 6.92 Å². The second-order valence-electron chi connectivity index (χ2n) is 6.16. The third-order valence-corrected chi connectivity index (χ3v) is 5.71. The van der Waals surface area contributed by atoms with Gasteiger partial charge >= 0.3 is 5.97 Å². The highest BCUT2D eigenvalue weighted by Crippen LogP contribution is 2.42. The van der Waals surface area contributed by atoms with Crippen LogP contribution in [0.3, 0.4) is 0 Å². The maximum atomic E-state index is 12.5. The van der Waals surface area contributed by atoms with Crippen LogP contribution in [0.1, 0.15) is 39.7 Å². The highest BCUT2D eigenvalue weighted by atomic mass is 32.1. The first-order valence-corrected chi connectivity index (χ1v) is 9.31. The van der Waals surface area contributed by atoms with E-state index in [4.69, 9.17) is 4.74 Å². The van der Waals surface area contributed by atoms with Crippen molar-refractivity contribution in [2.45, 2.75) is 26.2 Å². The highest BCUT2D eigenvalue weighted by Gasteiger charge is 2.31. The third-order valence-electron chi connectivity index (χ3n) is 4.53. The molecule has 0 unspecified atom stereocenters. The van der Waals surface area contributed by atoms with Gasteiger partial charge in [0.1, 0.15) is 10.7 Å². The molecule has 2 aliphatic rings. The van der Waals surface area contributed by atoms with Crippen LogP contribution >= 0.6 is 11.3 Å². The minimum atomic E-state index is -0.523. The first-order chi connectivity index (χ1) is 13.0. The molecule has 0 radical (unpaired) electrons. The maximum absolute atomic E-state index is 12.5. The fourth-order valence-electron chi connectivity index (χ4n) is 3.35. The molecule has 0 spiro atoms. The van der Waals surface area contributed by atoms with Crippen LogP contribution in [0.4, 0.5) is 16.4 Å². The van der Waals surface area contributed by atoms with E-state index in [0.29, 0.717) is 21.8 Å². The topological polar surface area (TPSA) is 111 Å². The van der Waals surface area contributed by atoms with E-state index in [1.807, 2.05) is 0 Å². The number of carbonyl (C=O) groups is 2. The first-order valence-electron chi connectivity index (χ1n) is 8.50. The summed E-state index contributed by atoms with van der Waals surface area (Å²) in [5.74, 6) is -0.900. The van der Waals surface area contributed by atoms with Crippen molar-refractivity contribution >= 4 is 45.3 Å². The number of non-ortho nitro benzene ring substituents is 1. The first kappa shape index (κ1) is 17.3. The molecular formula is C18H15N3O5S. The zero-order valence-corrected chi connectivity index (χ0v) is 15.2. The van der Waals surface area contributed by atoms with Crippen molar-refractivity contribution in [3.05, 3.63) is 49.9 Å². The molecule has 1 aromatic heterocycles. The van der Waals surface area contributed by atoms with Crippen molar-refractivity contribution < 1.29 is 19.2 Å². The van der Waals surface area contributed by atoms with Crippen LogP contribution in [0.25, 0.3) is 0 Å². The Morgan fingerprint density at radius 2 is 2.22 bits per heavy atom. The number of carbonyl (C=O) groups excluding carboxylic acids is 2. The van der Waals surface area contributed by atoms with Crippen molar-refractivity contribution in [2.24, 2.45) is 4.99 Å². The minimum absolute atomic E-state index is 0.0687. The van der Waals surface area contributed by atoms with Gasteiger partial charge in [-0.05, 0) is 37.8 Å². The molecular weight excluding hydrogens is 370 g/mol. The van der Waals surface area contributed by atoms with E-state index in [-0.39, 0.29) is 18.0 Å². The molecule has 8 nitrogen and oxygen atoms in total. The third kappa shape index (κ3) is 2.89. The van der Waals surface area contributed by atoms with Crippen LogP contribution in [0.2, 0.25) is 0 Å². The summed E-state index contributed by atoms with van der Waals surface area (Å²) >= 11 is 1.37. The Bertz CT molecular complexity index is 1020. The van der Waals surface area contributed by atoms with Crippen molar-refractivity contribution in [3.8, 4) is 0 Å². The number of nitro groups is 1. The average molecular weight is 385 g/mol. The number of rotatable bonds is 4. The van der Waals surface area contributed by atoms with Crippen LogP contribution in [0.15, 0.2) is 23.2 Å². The molecule has 0 bridgehead atoms. The summed E-state index contributed by atoms with van der Waals surface area (Å²) in [4.78, 5) is 40.9. The number of hydrogen-bond donors (Lipinski definition) is 1. The molecule has 0 saturated carbocycles. The largest absolute Gasteiger partial charge is 0.462 e. The van der Waals surface area contributed by atoms with Crippen molar-refractivity contribution in [1.29, 1.82) is 0 Å². The monoisotopic (exact) mass is 385 g/mol. The summed E-state index contributed by atoms with van der Waals surface area (Å²) in [6.07, 6.45) is 2.62. The lowest BCUT2D eigenvalue weighted by Crippen LogP contribution is -2.14. The number of ether oxygens (including phenoxy) is 1. The van der Waals surface area contributed by atoms with Gasteiger partial charge in [-0.2, -0.15) is 0 Å². The SMILES string of the molecule is CCOC(=O)c1c(N=C2C(=O)Nc3ccc([N+](=O)[O-])cc32)sc2c1CCC2. The van der Waals surface area contributed by atoms with Gasteiger partial charge in [-0.1, -0.05) is 0 Å². The fourth-order valence-corrected chi connectivity index (χ4v) is 4.60. The number of amides is 1. The zero-order chi connectivity index (χ0) is 19.1. The average Bonchev–Trinajstić information content (AvgIpc) is 3.28. The summed E-state index contributed by atoms with van der Waals surface area (Å²) in [7, 11) is 0. The van der Waals surface area contributed by atoms with Gasteiger partial charge in [0.25, 0.3) is 11.6 Å². The molecule has 2 heterocycles. The zero-order valence-electron chi connectivity index (χ0n) is 14.4. The van der Waals surface area contributed by atoms with Gasteiger partial charge in [-0.3, -0.25) is 14.9 Å². The Hall–Kier alpha value is -3.07. The highest BCUT2D eigenvalue weighted by molar-refractivity contribution is 7.16. The van der Waals surface area contributed by atoms with Crippen molar-refractivity contribution in [3.63, 3.8) is 0 Å². The number of benzene rings is 1. The lowest BCUT2D eigenvalue weighted by atomic mass is 10.1. The molecule has 4 rings (SSSR count). The second kappa shape index (κ2) is 6.58. The van der Waals surface area contributed by atoms with Gasteiger partial charge < -0.3 is 10.1 Å². The number of nitrogens with one attached hydrogen (secondary N) is 1. The number of aliphatic imine (C=N–C) groups is 1. The Kier molecular flexibility index (Phi) is 4.23. The summed E-state index contributed by atoms with van der Waals surface area (Å²) in [5.41, 5.74) is 2.11. The number of hydrogen-bond acceptors (Lipinski definition) is 7. The van der Waals surface area contributed by atoms with Crippen molar-refractivity contribution in [2.75, 3.05) is 11.9 Å². The number of fused-ring (bicyclic) bond motifs is 2. The molecule has 138 valence electrons. The summed E-state index contributed by atoms with van der Waals surface area (Å²) in [6, 6.07) is 4.12. The standard InChI is InChI=1S/C18H15N3O5S/c1-2-26-18(23)14-10-4-3-5-13(10)27-17(14)20-15-11-8-9(21(24)25)6-7-12(11)19-16(15)22/h6-8H,2-5H2,1H3,(H,19,20,22). The summed E-state index contributed by atoms with van der Waals surface area (Å²) < 4.78 is 5.17. The molecule has 0 saturated heterocycles. The molecule has 1 aliphatic heterocycles. The lowest BCUT2D eigenvalue weighted by Gasteiger charge is -2.04. The van der Waals surface area contributed by atoms with Gasteiger partial charge in [0.15, 0.2) is 0 Å². The number of thiophene rings is 1. The second-order valence-corrected chi connectivity index (χ2v) is 7.24. The quantitative estimate of drug-likeness (QED) is 0.493. The molecule has 1 aromatic carbocycles. The van der Waals surface area contributed by atoms with E-state index in [2.05, 4.69) is 10.3 Å². The van der Waals surface area contributed by atoms with E-state index >= 15 is 0 Å². The van der Waals surface area contributed by atoms with E-state index in [9.17, 15) is 19.7 Å². The van der Waals surface area contributed by atoms with E-state index in [1.165, 1.54) is 29.5 Å². The van der Waals surface area contributed by atoms with Crippen LogP contribution in [-0.2, 0) is 22.4 Å². The van der Waals surface area contributed by atoms with Crippen LogP contribution in [-0.4, -0.2) is 29.1 Å². The Balaban J connectivity index is 1.84. The molecule has 0 fully saturated rings. The van der Waals surface area contributed by atoms with Gasteiger partial charge in [-0.25, -0.2) is 9.79 Å². The minimum Gasteiger partial charge on any atom is -0.462 e. The molecule has 2 aromatic rings. The fraction of sp³-hybridized carbons (Fsp3) is 0.278. The number of nitrogens with zero attached hydrogens (tertiary/aromatic N) is 2. The van der Waals surface area contributed by atoms with E-state index in [0.717, 1.165) is 29.7 Å². The number of aryl methyl sites for hydroxylation is 1. The molecule has 9 heteroatoms. The van der Waals surface area contributed by atoms with Gasteiger partial charge in [0.2, 0.25) is 0 Å². The summed E-state index contributed by atoms with van der Waals surface area (Å²) in [6.45, 7) is 1.98. The van der Waals surface area contributed by atoms with Crippen LogP contribution < -0.4 is 5.32 Å². The Morgan fingerprint density at radius 1 is 1.41 bits per heavy atom. The lowest BCUT2D eigenvalue weighted by molar-refractivity contribution is -0.384. The number of nitro benzene ring substituents is 1. The smallest absolute Gasteiger partial charge is 0.341 e. The molecule has 27 heavy (non-hydrogen) atoms.